The maximum absolute atomic E-state index is 10.5. The van der Waals surface area contributed by atoms with Crippen LogP contribution in [0.2, 0.25) is 5.02 Å². The lowest BCUT2D eigenvalue weighted by Crippen LogP contribution is -1.85. The lowest BCUT2D eigenvalue weighted by Gasteiger charge is -2.04. The van der Waals surface area contributed by atoms with Crippen molar-refractivity contribution < 1.29 is 9.21 Å². The molecule has 0 radical (unpaired) electrons. The van der Waals surface area contributed by atoms with Crippen LogP contribution in [0, 0.1) is 11.3 Å². The number of halogens is 2. The monoisotopic (exact) mass is 309 g/mol. The highest BCUT2D eigenvalue weighted by Gasteiger charge is 2.14. The van der Waals surface area contributed by atoms with E-state index in [1.165, 1.54) is 0 Å². The highest BCUT2D eigenvalue weighted by Crippen LogP contribution is 2.34. The maximum atomic E-state index is 10.5. The second-order valence-corrected chi connectivity index (χ2v) is 4.45. The van der Waals surface area contributed by atoms with Gasteiger partial charge >= 0.3 is 0 Å². The summed E-state index contributed by atoms with van der Waals surface area (Å²) >= 11 is 9.25. The average Bonchev–Trinajstić information content (AvgIpc) is 2.81. The van der Waals surface area contributed by atoms with E-state index in [1.54, 1.807) is 24.3 Å². The number of nitrogens with zero attached hydrogens (tertiary/aromatic N) is 1. The number of aldehydes is 1. The van der Waals surface area contributed by atoms with Gasteiger partial charge in [-0.3, -0.25) is 4.79 Å². The Morgan fingerprint density at radius 2 is 2.12 bits per heavy atom. The first-order chi connectivity index (χ1) is 8.17. The lowest BCUT2D eigenvalue weighted by atomic mass is 10.1. The van der Waals surface area contributed by atoms with E-state index in [-0.39, 0.29) is 5.76 Å². The van der Waals surface area contributed by atoms with Crippen molar-refractivity contribution in [2.45, 2.75) is 0 Å². The number of furan rings is 1. The van der Waals surface area contributed by atoms with Crippen LogP contribution < -0.4 is 0 Å². The zero-order valence-electron chi connectivity index (χ0n) is 8.41. The van der Waals surface area contributed by atoms with Gasteiger partial charge in [0.05, 0.1) is 10.6 Å². The first-order valence-corrected chi connectivity index (χ1v) is 5.78. The van der Waals surface area contributed by atoms with E-state index in [1.807, 2.05) is 6.07 Å². The van der Waals surface area contributed by atoms with Crippen LogP contribution in [0.25, 0.3) is 11.3 Å². The smallest absolute Gasteiger partial charge is 0.185 e. The second-order valence-electron chi connectivity index (χ2n) is 3.22. The van der Waals surface area contributed by atoms with E-state index in [9.17, 15) is 4.79 Å². The molecule has 0 aliphatic rings. The van der Waals surface area contributed by atoms with Crippen LogP contribution in [0.4, 0.5) is 0 Å². The van der Waals surface area contributed by atoms with Gasteiger partial charge in [-0.15, -0.1) is 0 Å². The van der Waals surface area contributed by atoms with Gasteiger partial charge in [-0.2, -0.15) is 5.26 Å². The molecule has 2 rings (SSSR count). The third-order valence-corrected chi connectivity index (χ3v) is 3.50. The lowest BCUT2D eigenvalue weighted by molar-refractivity contribution is 0.110. The molecular formula is C12H5BrClNO2. The first kappa shape index (κ1) is 11.9. The van der Waals surface area contributed by atoms with E-state index in [0.717, 1.165) is 0 Å². The fourth-order valence-electron chi connectivity index (χ4n) is 1.43. The summed E-state index contributed by atoms with van der Waals surface area (Å²) in [6.07, 6.45) is 0.607. The van der Waals surface area contributed by atoms with Crippen LogP contribution in [0.3, 0.4) is 0 Å². The normalized spacial score (nSPS) is 9.94. The molecule has 0 saturated carbocycles. The standard InChI is InChI=1S/C12H5BrClNO2/c13-10-3-2-8(9(5-15)12(10)14)11-4-1-7(6-16)17-11/h1-4,6H. The third-order valence-electron chi connectivity index (χ3n) is 2.22. The Morgan fingerprint density at radius 1 is 1.35 bits per heavy atom. The summed E-state index contributed by atoms with van der Waals surface area (Å²) in [7, 11) is 0. The molecule has 17 heavy (non-hydrogen) atoms. The van der Waals surface area contributed by atoms with Crippen molar-refractivity contribution >= 4 is 33.8 Å². The summed E-state index contributed by atoms with van der Waals surface area (Å²) in [5.74, 6) is 0.654. The van der Waals surface area contributed by atoms with Crippen LogP contribution >= 0.6 is 27.5 Å². The number of carbonyl (C=O) groups excluding carboxylic acids is 1. The molecule has 0 unspecified atom stereocenters. The van der Waals surface area contributed by atoms with Gasteiger partial charge in [0.25, 0.3) is 0 Å². The van der Waals surface area contributed by atoms with Crippen molar-refractivity contribution in [1.82, 2.24) is 0 Å². The molecule has 1 aromatic carbocycles. The van der Waals surface area contributed by atoms with Crippen molar-refractivity contribution in [2.24, 2.45) is 0 Å². The van der Waals surface area contributed by atoms with Crippen LogP contribution in [-0.2, 0) is 0 Å². The summed E-state index contributed by atoms with van der Waals surface area (Å²) in [5, 5.41) is 9.41. The Bertz CT molecular complexity index is 628. The van der Waals surface area contributed by atoms with Gasteiger partial charge < -0.3 is 4.42 Å². The molecule has 0 aliphatic heterocycles. The predicted molar refractivity (Wildman–Crippen MR) is 67.0 cm³/mol. The fourth-order valence-corrected chi connectivity index (χ4v) is 1.96. The summed E-state index contributed by atoms with van der Waals surface area (Å²) in [4.78, 5) is 10.5. The first-order valence-electron chi connectivity index (χ1n) is 4.61. The Hall–Kier alpha value is -1.57. The minimum atomic E-state index is 0.211. The minimum Gasteiger partial charge on any atom is -0.453 e. The number of benzene rings is 1. The molecule has 0 aliphatic carbocycles. The summed E-state index contributed by atoms with van der Waals surface area (Å²) < 4.78 is 5.90. The van der Waals surface area contributed by atoms with E-state index in [4.69, 9.17) is 21.3 Å². The van der Waals surface area contributed by atoms with Crippen molar-refractivity contribution in [1.29, 1.82) is 5.26 Å². The van der Waals surface area contributed by atoms with Crippen LogP contribution in [-0.4, -0.2) is 6.29 Å². The van der Waals surface area contributed by atoms with Crippen LogP contribution in [0.5, 0.6) is 0 Å². The maximum Gasteiger partial charge on any atom is 0.185 e. The van der Waals surface area contributed by atoms with Crippen molar-refractivity contribution in [3.8, 4) is 17.4 Å². The van der Waals surface area contributed by atoms with Crippen molar-refractivity contribution in [3.05, 3.63) is 45.1 Å². The Kier molecular flexibility index (Phi) is 3.32. The molecule has 0 saturated heterocycles. The summed E-state index contributed by atoms with van der Waals surface area (Å²) in [6.45, 7) is 0. The van der Waals surface area contributed by atoms with Crippen LogP contribution in [0.15, 0.2) is 33.2 Å². The molecule has 1 aromatic heterocycles. The van der Waals surface area contributed by atoms with E-state index < -0.39 is 0 Å². The van der Waals surface area contributed by atoms with E-state index >= 15 is 0 Å². The van der Waals surface area contributed by atoms with Crippen molar-refractivity contribution in [3.63, 3.8) is 0 Å². The highest BCUT2D eigenvalue weighted by atomic mass is 79.9. The number of carbonyl (C=O) groups is 1. The van der Waals surface area contributed by atoms with Gasteiger partial charge in [-0.25, -0.2) is 0 Å². The van der Waals surface area contributed by atoms with Gasteiger partial charge in [-0.1, -0.05) is 11.6 Å². The molecular weight excluding hydrogens is 305 g/mol. The van der Waals surface area contributed by atoms with Gasteiger partial charge in [0.1, 0.15) is 11.8 Å². The fraction of sp³-hybridized carbons (Fsp3) is 0. The third kappa shape index (κ3) is 2.12. The van der Waals surface area contributed by atoms with E-state index in [0.29, 0.717) is 32.7 Å². The van der Waals surface area contributed by atoms with Gasteiger partial charge in [0.2, 0.25) is 0 Å². The molecule has 0 N–H and O–H groups in total. The Morgan fingerprint density at radius 3 is 2.71 bits per heavy atom. The molecule has 0 fully saturated rings. The van der Waals surface area contributed by atoms with Gasteiger partial charge in [-0.05, 0) is 40.2 Å². The molecule has 0 bridgehead atoms. The molecule has 0 spiro atoms. The molecule has 84 valence electrons. The molecule has 3 nitrogen and oxygen atoms in total. The molecule has 0 atom stereocenters. The molecule has 5 heteroatoms. The van der Waals surface area contributed by atoms with Gasteiger partial charge in [0.15, 0.2) is 12.0 Å². The van der Waals surface area contributed by atoms with Crippen molar-refractivity contribution in [2.75, 3.05) is 0 Å². The number of nitriles is 1. The van der Waals surface area contributed by atoms with E-state index in [2.05, 4.69) is 15.9 Å². The molecule has 2 aromatic rings. The molecule has 1 heterocycles. The minimum absolute atomic E-state index is 0.211. The largest absolute Gasteiger partial charge is 0.453 e. The van der Waals surface area contributed by atoms with Crippen LogP contribution in [0.1, 0.15) is 16.1 Å². The average molecular weight is 311 g/mol. The number of hydrogen-bond donors (Lipinski definition) is 0. The molecule has 0 amide bonds. The van der Waals surface area contributed by atoms with Gasteiger partial charge in [0, 0.05) is 10.0 Å². The highest BCUT2D eigenvalue weighted by molar-refractivity contribution is 9.10. The summed E-state index contributed by atoms with van der Waals surface area (Å²) in [6, 6.07) is 8.62. The Balaban J connectivity index is 2.64. The second kappa shape index (κ2) is 4.74. The topological polar surface area (TPSA) is 54.0 Å². The SMILES string of the molecule is N#Cc1c(-c2ccc(C=O)o2)ccc(Br)c1Cl. The predicted octanol–water partition coefficient (Wildman–Crippen LogP) is 4.05. The summed E-state index contributed by atoms with van der Waals surface area (Å²) in [5.41, 5.74) is 0.877. The zero-order chi connectivity index (χ0) is 12.4. The number of hydrogen-bond acceptors (Lipinski definition) is 3. The number of rotatable bonds is 2. The zero-order valence-corrected chi connectivity index (χ0v) is 10.7. The quantitative estimate of drug-likeness (QED) is 0.786. The Labute approximate surface area is 111 Å².